The summed E-state index contributed by atoms with van der Waals surface area (Å²) in [5.41, 5.74) is 0.127. The molecule has 2 amide bonds. The predicted octanol–water partition coefficient (Wildman–Crippen LogP) is 1.32. The zero-order valence-corrected chi connectivity index (χ0v) is 12.9. The number of benzene rings is 2. The van der Waals surface area contributed by atoms with Gasteiger partial charge in [0.25, 0.3) is 16.0 Å². The fourth-order valence-corrected chi connectivity index (χ4v) is 2.80. The molecule has 0 aliphatic carbocycles. The minimum Gasteiger partial charge on any atom is -0.299 e. The van der Waals surface area contributed by atoms with Gasteiger partial charge in [-0.05, 0) is 30.5 Å². The fraction of sp³-hybridized carbons (Fsp3) is 0.133. The van der Waals surface area contributed by atoms with Crippen LogP contribution in [0, 0.1) is 0 Å². The van der Waals surface area contributed by atoms with E-state index in [4.69, 9.17) is 0 Å². The van der Waals surface area contributed by atoms with Crippen molar-refractivity contribution in [3.63, 3.8) is 0 Å². The van der Waals surface area contributed by atoms with Gasteiger partial charge in [-0.3, -0.25) is 24.3 Å². The molecule has 2 rings (SSSR count). The third-order valence-electron chi connectivity index (χ3n) is 3.04. The number of imide groups is 1. The first-order chi connectivity index (χ1) is 10.7. The second kappa shape index (κ2) is 6.27. The molecule has 23 heavy (non-hydrogen) atoms. The summed E-state index contributed by atoms with van der Waals surface area (Å²) in [4.78, 5) is 33.9. The maximum atomic E-state index is 12.0. The van der Waals surface area contributed by atoms with Gasteiger partial charge in [-0.25, -0.2) is 0 Å². The zero-order valence-electron chi connectivity index (χ0n) is 12.1. The van der Waals surface area contributed by atoms with Crippen LogP contribution in [-0.2, 0) is 19.7 Å². The molecular weight excluding hydrogens is 322 g/mol. The van der Waals surface area contributed by atoms with Gasteiger partial charge in [-0.15, -0.1) is 0 Å². The number of carbonyl (C=O) groups excluding carboxylic acids is 3. The molecule has 0 heterocycles. The molecule has 0 spiro atoms. The van der Waals surface area contributed by atoms with Crippen molar-refractivity contribution in [3.05, 3.63) is 42.0 Å². The van der Waals surface area contributed by atoms with Crippen molar-refractivity contribution in [1.82, 2.24) is 5.32 Å². The fourth-order valence-electron chi connectivity index (χ4n) is 2.09. The molecular formula is C15H13NO6S. The Hall–Kier alpha value is -2.58. The molecule has 0 aromatic heterocycles. The SMILES string of the molecule is CC(=O)CC(=O)NC(=O)c1ccc2c(S(=O)(=O)O)cccc2c1. The highest BCUT2D eigenvalue weighted by molar-refractivity contribution is 7.86. The molecule has 0 fully saturated rings. The summed E-state index contributed by atoms with van der Waals surface area (Å²) in [6, 6.07) is 8.32. The van der Waals surface area contributed by atoms with Gasteiger partial charge < -0.3 is 0 Å². The average Bonchev–Trinajstić information content (AvgIpc) is 2.43. The number of hydrogen-bond donors (Lipinski definition) is 2. The maximum Gasteiger partial charge on any atom is 0.295 e. The van der Waals surface area contributed by atoms with Gasteiger partial charge in [0.05, 0.1) is 6.42 Å². The van der Waals surface area contributed by atoms with Crippen LogP contribution in [0.2, 0.25) is 0 Å². The molecule has 2 N–H and O–H groups in total. The van der Waals surface area contributed by atoms with Crippen molar-refractivity contribution in [1.29, 1.82) is 0 Å². The third kappa shape index (κ3) is 3.99. The summed E-state index contributed by atoms with van der Waals surface area (Å²) in [5, 5.41) is 2.73. The number of Topliss-reactive ketones (excluding diaryl/α,β-unsaturated/α-hetero) is 1. The molecule has 8 heteroatoms. The maximum absolute atomic E-state index is 12.0. The molecule has 0 saturated carbocycles. The van der Waals surface area contributed by atoms with Gasteiger partial charge in [0.1, 0.15) is 10.7 Å². The standard InChI is InChI=1S/C15H13NO6S/c1-9(17)7-14(18)16-15(19)11-5-6-12-10(8-11)3-2-4-13(12)23(20,21)22/h2-6,8H,7H2,1H3,(H,16,18,19)(H,20,21,22). The van der Waals surface area contributed by atoms with Crippen LogP contribution in [0.1, 0.15) is 23.7 Å². The van der Waals surface area contributed by atoms with Gasteiger partial charge in [0, 0.05) is 10.9 Å². The molecule has 0 aliphatic rings. The Morgan fingerprint density at radius 1 is 1.13 bits per heavy atom. The minimum atomic E-state index is -4.39. The molecule has 0 bridgehead atoms. The van der Waals surface area contributed by atoms with E-state index in [2.05, 4.69) is 5.32 Å². The predicted molar refractivity (Wildman–Crippen MR) is 81.5 cm³/mol. The van der Waals surface area contributed by atoms with E-state index in [1.165, 1.54) is 37.3 Å². The first-order valence-corrected chi connectivity index (χ1v) is 7.96. The quantitative estimate of drug-likeness (QED) is 0.643. The number of hydrogen-bond acceptors (Lipinski definition) is 5. The molecule has 0 radical (unpaired) electrons. The molecule has 2 aromatic carbocycles. The Morgan fingerprint density at radius 3 is 2.43 bits per heavy atom. The number of rotatable bonds is 4. The molecule has 2 aromatic rings. The summed E-state index contributed by atoms with van der Waals surface area (Å²) in [6.45, 7) is 1.23. The largest absolute Gasteiger partial charge is 0.299 e. The molecule has 0 aliphatic heterocycles. The summed E-state index contributed by atoms with van der Waals surface area (Å²) in [6.07, 6.45) is -0.397. The van der Waals surface area contributed by atoms with Crippen molar-refractivity contribution in [2.45, 2.75) is 18.2 Å². The number of carbonyl (C=O) groups is 3. The van der Waals surface area contributed by atoms with E-state index < -0.39 is 28.4 Å². The molecule has 0 unspecified atom stereocenters. The van der Waals surface area contributed by atoms with Crippen molar-refractivity contribution in [3.8, 4) is 0 Å². The highest BCUT2D eigenvalue weighted by Crippen LogP contribution is 2.23. The lowest BCUT2D eigenvalue weighted by Gasteiger charge is -2.07. The van der Waals surface area contributed by atoms with Gasteiger partial charge in [-0.2, -0.15) is 8.42 Å². The van der Waals surface area contributed by atoms with E-state index in [9.17, 15) is 27.4 Å². The van der Waals surface area contributed by atoms with E-state index in [1.54, 1.807) is 6.07 Å². The van der Waals surface area contributed by atoms with E-state index in [1.807, 2.05) is 0 Å². The van der Waals surface area contributed by atoms with Crippen LogP contribution < -0.4 is 5.32 Å². The van der Waals surface area contributed by atoms with Crippen molar-refractivity contribution >= 4 is 38.5 Å². The van der Waals surface area contributed by atoms with Crippen LogP contribution in [0.3, 0.4) is 0 Å². The van der Waals surface area contributed by atoms with E-state index in [-0.39, 0.29) is 21.6 Å². The Bertz CT molecular complexity index is 917. The topological polar surface area (TPSA) is 118 Å². The summed E-state index contributed by atoms with van der Waals surface area (Å²) in [7, 11) is -4.39. The Morgan fingerprint density at radius 2 is 1.83 bits per heavy atom. The minimum absolute atomic E-state index is 0.127. The lowest BCUT2D eigenvalue weighted by atomic mass is 10.1. The van der Waals surface area contributed by atoms with Gasteiger partial charge in [-0.1, -0.05) is 18.2 Å². The van der Waals surface area contributed by atoms with Crippen LogP contribution in [0.5, 0.6) is 0 Å². The second-order valence-electron chi connectivity index (χ2n) is 4.92. The number of nitrogens with one attached hydrogen (secondary N) is 1. The van der Waals surface area contributed by atoms with Crippen LogP contribution in [0.4, 0.5) is 0 Å². The second-order valence-corrected chi connectivity index (χ2v) is 6.31. The van der Waals surface area contributed by atoms with Crippen molar-refractivity contribution in [2.24, 2.45) is 0 Å². The monoisotopic (exact) mass is 335 g/mol. The van der Waals surface area contributed by atoms with Crippen molar-refractivity contribution in [2.75, 3.05) is 0 Å². The summed E-state index contributed by atoms with van der Waals surface area (Å²) < 4.78 is 31.8. The third-order valence-corrected chi connectivity index (χ3v) is 3.95. The Kier molecular flexibility index (Phi) is 4.57. The summed E-state index contributed by atoms with van der Waals surface area (Å²) >= 11 is 0. The van der Waals surface area contributed by atoms with E-state index in [0.29, 0.717) is 5.39 Å². The first-order valence-electron chi connectivity index (χ1n) is 6.52. The molecule has 0 saturated heterocycles. The van der Waals surface area contributed by atoms with E-state index in [0.717, 1.165) is 0 Å². The Balaban J connectivity index is 2.36. The van der Waals surface area contributed by atoms with Crippen molar-refractivity contribution < 1.29 is 27.4 Å². The zero-order chi connectivity index (χ0) is 17.2. The summed E-state index contributed by atoms with van der Waals surface area (Å²) in [5.74, 6) is -1.78. The number of amides is 2. The van der Waals surface area contributed by atoms with Gasteiger partial charge >= 0.3 is 0 Å². The molecule has 120 valence electrons. The number of ketones is 1. The lowest BCUT2D eigenvalue weighted by Crippen LogP contribution is -2.31. The molecule has 0 atom stereocenters. The average molecular weight is 335 g/mol. The van der Waals surface area contributed by atoms with Gasteiger partial charge in [0.15, 0.2) is 0 Å². The number of fused-ring (bicyclic) bond motifs is 1. The first kappa shape index (κ1) is 16.8. The van der Waals surface area contributed by atoms with Gasteiger partial charge in [0.2, 0.25) is 5.91 Å². The molecule has 7 nitrogen and oxygen atoms in total. The smallest absolute Gasteiger partial charge is 0.295 e. The van der Waals surface area contributed by atoms with Crippen LogP contribution >= 0.6 is 0 Å². The normalized spacial score (nSPS) is 11.2. The highest BCUT2D eigenvalue weighted by Gasteiger charge is 2.16. The van der Waals surface area contributed by atoms with Crippen LogP contribution in [0.25, 0.3) is 10.8 Å². The van der Waals surface area contributed by atoms with Crippen LogP contribution in [0.15, 0.2) is 41.3 Å². The van der Waals surface area contributed by atoms with Crippen LogP contribution in [-0.4, -0.2) is 30.6 Å². The van der Waals surface area contributed by atoms with E-state index >= 15 is 0 Å². The lowest BCUT2D eigenvalue weighted by molar-refractivity contribution is -0.126. The highest BCUT2D eigenvalue weighted by atomic mass is 32.2. The Labute approximate surface area is 132 Å².